The topological polar surface area (TPSA) is 35.9 Å². The molecule has 3 heterocycles. The maximum Gasteiger partial charge on any atom is 0.268 e. The van der Waals surface area contributed by atoms with Crippen molar-refractivity contribution in [3.63, 3.8) is 0 Å². The van der Waals surface area contributed by atoms with Crippen LogP contribution in [0.3, 0.4) is 0 Å². The maximum absolute atomic E-state index is 10.6. The quantitative estimate of drug-likeness (QED) is 0.112. The molecule has 0 radical (unpaired) electrons. The minimum Gasteiger partial charge on any atom is -0.510 e. The van der Waals surface area contributed by atoms with Gasteiger partial charge in [0.15, 0.2) is 0 Å². The van der Waals surface area contributed by atoms with Gasteiger partial charge in [-0.3, -0.25) is 4.57 Å². The first-order chi connectivity index (χ1) is 57.0. The van der Waals surface area contributed by atoms with Gasteiger partial charge in [0.25, 0.3) is 6.33 Å². The molecular weight excluding hydrogens is 1170 g/mol. The van der Waals surface area contributed by atoms with Crippen molar-refractivity contribution < 1.29 is 93.4 Å². The number of fused-ring (bicyclic) bond motifs is 6. The summed E-state index contributed by atoms with van der Waals surface area (Å²) in [6.07, 6.45) is -15.3. The summed E-state index contributed by atoms with van der Waals surface area (Å²) in [6, 6.07) is 11.4. The van der Waals surface area contributed by atoms with Gasteiger partial charge >= 0.3 is 0 Å². The minimum atomic E-state index is -5.00. The van der Waals surface area contributed by atoms with E-state index in [2.05, 4.69) is 18.5 Å². The number of ether oxygens (including phenoxy) is 1. The Kier molecular flexibility index (Phi) is 5.54. The van der Waals surface area contributed by atoms with Crippen LogP contribution in [-0.2, 0) is 48.1 Å². The van der Waals surface area contributed by atoms with E-state index in [0.29, 0.717) is 38.9 Å². The monoisotopic (exact) mass is 1290 g/mol. The predicted molar refractivity (Wildman–Crippen MR) is 330 cm³/mol. The summed E-state index contributed by atoms with van der Waals surface area (Å²) in [5.74, 6) is 0.193. The van der Waals surface area contributed by atoms with Crippen LogP contribution < -0.4 is 9.30 Å². The third kappa shape index (κ3) is 9.38. The zero-order valence-electron chi connectivity index (χ0n) is 88.8. The van der Waals surface area contributed by atoms with Gasteiger partial charge in [-0.25, -0.2) is 4.98 Å². The zero-order valence-corrected chi connectivity index (χ0v) is 45.1. The predicted octanol–water partition coefficient (Wildman–Crippen LogP) is 18.9. The third-order valence-electron chi connectivity index (χ3n) is 14.0. The Hall–Kier alpha value is -7.33. The molecule has 2 aliphatic rings. The molecule has 0 N–H and O–H groups in total. The van der Waals surface area contributed by atoms with Crippen LogP contribution in [-0.4, -0.2) is 14.1 Å². The van der Waals surface area contributed by atoms with Crippen LogP contribution in [0.2, 0.25) is 0 Å². The van der Waals surface area contributed by atoms with Gasteiger partial charge in [0.1, 0.15) is 5.82 Å². The van der Waals surface area contributed by atoms with Crippen LogP contribution >= 0.6 is 0 Å². The molecule has 8 aromatic carbocycles. The summed E-state index contributed by atoms with van der Waals surface area (Å²) < 4.78 is 439. The first kappa shape index (κ1) is 22.8. The molecule has 0 saturated heterocycles. The summed E-state index contributed by atoms with van der Waals surface area (Å²) in [6.45, 7) is -35.0. The van der Waals surface area contributed by atoms with Crippen LogP contribution in [0, 0.1) is 25.3 Å². The summed E-state index contributed by atoms with van der Waals surface area (Å²) in [5, 5.41) is 1.41. The van der Waals surface area contributed by atoms with E-state index in [1.807, 2.05) is 61.7 Å². The van der Waals surface area contributed by atoms with Crippen molar-refractivity contribution in [3.8, 4) is 62.1 Å². The molecule has 81 heavy (non-hydrogen) atoms. The van der Waals surface area contributed by atoms with Crippen LogP contribution in [0.4, 0.5) is 0 Å². The molecule has 0 unspecified atom stereocenters. The van der Waals surface area contributed by atoms with Crippen LogP contribution in [0.25, 0.3) is 83.4 Å². The summed E-state index contributed by atoms with van der Waals surface area (Å²) in [7, 11) is 0. The number of hydrogen-bond acceptors (Lipinski definition) is 2. The SMILES string of the molecule is [2H]c1c([2H])c([2H])c(-c2cc3c(cc2C([2H])([2H])[2H])n(-c2[c-]c(Oc4[c-]c5c(cc4)c4ccccc4n5-c4cc(C(C)(C)C)ccn4)ccc2)[c-][n+]3-c2c(-c3c([2H])c([2H])c4c(c3[2H])C(C([2H])([2H])[2H])(C([2H])([2H])[2H])C([2H])([2H])C([2H])([2H])C4(C([2H])([2H])[2H])C([2H])([2H])[2H])cccc2-c2c([2H])c([2H])c3c(c2[2H])C(C([2H])([2H])[2H])(C([2H])([2H])[2H])C([2H])([2H])C([2H])([2H])C3(C([2H])([2H])[2H])C([2H])([2H])[2H])c([2H])c1[2H].[Pt]. The number of hydrogen-bond donors (Lipinski definition) is 0. The molecular formula is C75H72N4OPt-2. The fourth-order valence-electron chi connectivity index (χ4n) is 10.0. The molecule has 0 aliphatic heterocycles. The Morgan fingerprint density at radius 3 is 1.88 bits per heavy atom. The first-order valence-corrected chi connectivity index (χ1v) is 24.7. The molecule has 0 atom stereocenters. The second kappa shape index (κ2) is 19.7. The largest absolute Gasteiger partial charge is 0.510 e. The Balaban J connectivity index is 0.0000146. The Morgan fingerprint density at radius 1 is 0.605 bits per heavy atom. The number of benzene rings is 8. The normalized spacial score (nSPS) is 28.2. The number of imidazole rings is 1. The number of pyridine rings is 1. The number of rotatable bonds is 8. The van der Waals surface area contributed by atoms with E-state index in [0.717, 1.165) is 33.7 Å². The second-order valence-corrected chi connectivity index (χ2v) is 20.5. The first-order valence-electron chi connectivity index (χ1n) is 47.7. The van der Waals surface area contributed by atoms with Gasteiger partial charge in [-0.2, -0.15) is 18.2 Å². The number of nitrogens with zero attached hydrogens (tertiary/aromatic N) is 4. The molecule has 3 aromatic heterocycles. The minimum absolute atomic E-state index is 0. The molecule has 410 valence electrons. The maximum atomic E-state index is 10.6. The van der Waals surface area contributed by atoms with Gasteiger partial charge < -0.3 is 13.9 Å². The third-order valence-corrected chi connectivity index (χ3v) is 14.0. The molecule has 0 amide bonds. The average Bonchev–Trinajstić information content (AvgIpc) is 0.934. The van der Waals surface area contributed by atoms with Crippen molar-refractivity contribution in [1.29, 1.82) is 0 Å². The second-order valence-electron chi connectivity index (χ2n) is 20.5. The molecule has 0 bridgehead atoms. The van der Waals surface area contributed by atoms with Gasteiger partial charge in [0, 0.05) is 92.3 Å². The van der Waals surface area contributed by atoms with Crippen molar-refractivity contribution in [1.82, 2.24) is 14.1 Å². The van der Waals surface area contributed by atoms with Gasteiger partial charge in [-0.1, -0.05) is 184 Å². The zero-order chi connectivity index (χ0) is 94.9. The smallest absolute Gasteiger partial charge is 0.268 e. The summed E-state index contributed by atoms with van der Waals surface area (Å²) in [4.78, 5) is 4.73. The van der Waals surface area contributed by atoms with Gasteiger partial charge in [0.2, 0.25) is 0 Å². The standard InChI is InChI=1S/C75H72N4O.Pt/c1-48-40-67-68(46-60(48)49-20-14-13-15-21-49)78(47-77(67)53-22-18-23-54(44-53)80-55-30-31-59-58-24-16-17-27-65(58)79(66(59)45-55)69-43-52(34-39-76-69)71(2,3)4)70-56(50-28-32-61-63(41-50)74(9,10)37-35-72(61,5)6)25-19-26-57(70)51-29-33-62-64(42-51)75(11,12)38-36-73(62,7)8;/h13-34,39-43,46H,35-38H2,1-12H3;/q-2;/i1D3,5D3,6D3,7D3,8D3,9D3,10D3,11D3,12D3,13D,14D,15D,20D,21D,28D,29D,32D,33D,35D2,36D2,37D2,38D2,41D,42D;. The van der Waals surface area contributed by atoms with Crippen molar-refractivity contribution in [3.05, 3.63) is 222 Å². The molecule has 11 aromatic rings. The van der Waals surface area contributed by atoms with Gasteiger partial charge in [0.05, 0.1) is 31.8 Å². The van der Waals surface area contributed by atoms with Crippen molar-refractivity contribution in [2.45, 2.75) is 135 Å². The molecule has 0 fully saturated rings. The number of aryl methyl sites for hydroxylation is 1. The molecule has 2 aliphatic carbocycles. The molecule has 0 saturated carbocycles. The Morgan fingerprint density at radius 2 is 1.23 bits per heavy atom. The molecule has 13 rings (SSSR count). The fraction of sp³-hybridized carbons (Fsp3) is 0.280. The molecule has 6 heteroatoms. The van der Waals surface area contributed by atoms with E-state index in [-0.39, 0.29) is 43.7 Å². The molecule has 0 spiro atoms. The van der Waals surface area contributed by atoms with Crippen LogP contribution in [0.5, 0.6) is 11.5 Å². The van der Waals surface area contributed by atoms with Crippen molar-refractivity contribution in [2.24, 2.45) is 0 Å². The number of aromatic nitrogens is 4. The average molecular weight is 1290 g/mol. The van der Waals surface area contributed by atoms with Crippen molar-refractivity contribution >= 4 is 32.8 Å². The van der Waals surface area contributed by atoms with E-state index < -0.39 is 253 Å². The van der Waals surface area contributed by atoms with Gasteiger partial charge in [-0.05, 0) is 168 Å². The fourth-order valence-corrected chi connectivity index (χ4v) is 10.0. The van der Waals surface area contributed by atoms with E-state index in [4.69, 9.17) is 50.8 Å². The summed E-state index contributed by atoms with van der Waals surface area (Å²) in [5.41, 5.74) is -37.0. The Labute approximate surface area is 558 Å². The van der Waals surface area contributed by atoms with E-state index in [1.54, 1.807) is 12.3 Å². The Bertz CT molecular complexity index is 6120. The summed E-state index contributed by atoms with van der Waals surface area (Å²) >= 11 is 0. The number of para-hydroxylation sites is 2. The molecule has 5 nitrogen and oxygen atoms in total. The van der Waals surface area contributed by atoms with Crippen LogP contribution in [0.15, 0.2) is 170 Å². The van der Waals surface area contributed by atoms with E-state index in [1.165, 1.54) is 24.3 Å². The van der Waals surface area contributed by atoms with E-state index in [9.17, 15) is 21.9 Å². The van der Waals surface area contributed by atoms with Crippen molar-refractivity contribution in [2.75, 3.05) is 0 Å². The van der Waals surface area contributed by atoms with Gasteiger partial charge in [-0.15, -0.1) is 29.7 Å². The van der Waals surface area contributed by atoms with Crippen LogP contribution in [0.1, 0.15) is 198 Å². The van der Waals surface area contributed by atoms with E-state index >= 15 is 0 Å².